The van der Waals surface area contributed by atoms with Crippen LogP contribution in [-0.2, 0) is 22.5 Å². The zero-order valence-corrected chi connectivity index (χ0v) is 19.6. The summed E-state index contributed by atoms with van der Waals surface area (Å²) in [5, 5.41) is 0. The second kappa shape index (κ2) is 9.70. The van der Waals surface area contributed by atoms with Crippen LogP contribution in [0.5, 0.6) is 11.5 Å². The number of Topliss-reactive ketones (excluding diaryl/α,β-unsaturated/α-hetero) is 1. The van der Waals surface area contributed by atoms with Gasteiger partial charge in [-0.3, -0.25) is 14.5 Å². The highest BCUT2D eigenvalue weighted by Gasteiger charge is 2.47. The first kappa shape index (κ1) is 24.1. The number of hydrogen-bond donors (Lipinski definition) is 0. The molecule has 2 aromatic carbocycles. The van der Waals surface area contributed by atoms with Gasteiger partial charge in [-0.05, 0) is 43.0 Å². The van der Waals surface area contributed by atoms with Crippen molar-refractivity contribution in [1.29, 1.82) is 0 Å². The average Bonchev–Trinajstić information content (AvgIpc) is 3.13. The van der Waals surface area contributed by atoms with E-state index in [-0.39, 0.29) is 44.0 Å². The number of fused-ring (bicyclic) bond motifs is 1. The third-order valence-electron chi connectivity index (χ3n) is 6.98. The lowest BCUT2D eigenvalue weighted by molar-refractivity contribution is -0.152. The van der Waals surface area contributed by atoms with Crippen LogP contribution in [-0.4, -0.2) is 56.2 Å². The molecule has 2 aliphatic rings. The molecule has 8 heteroatoms. The van der Waals surface area contributed by atoms with Gasteiger partial charge in [-0.1, -0.05) is 18.2 Å². The highest BCUT2D eigenvalue weighted by Crippen LogP contribution is 2.43. The van der Waals surface area contributed by atoms with Gasteiger partial charge in [0.1, 0.15) is 17.5 Å². The van der Waals surface area contributed by atoms with E-state index in [1.165, 1.54) is 27.4 Å². The number of alkyl halides is 1. The lowest BCUT2D eigenvalue weighted by Gasteiger charge is -2.42. The fourth-order valence-electron chi connectivity index (χ4n) is 5.17. The Bertz CT molecular complexity index is 1090. The maximum Gasteiger partial charge on any atom is 0.323 e. The van der Waals surface area contributed by atoms with Gasteiger partial charge >= 0.3 is 5.97 Å². The van der Waals surface area contributed by atoms with Crippen molar-refractivity contribution >= 4 is 11.8 Å². The number of nitrogens with zero attached hydrogens (tertiary/aromatic N) is 1. The summed E-state index contributed by atoms with van der Waals surface area (Å²) in [6.07, 6.45) is 0.441. The lowest BCUT2D eigenvalue weighted by Crippen LogP contribution is -2.52. The first-order chi connectivity index (χ1) is 16.3. The van der Waals surface area contributed by atoms with Crippen LogP contribution in [0, 0.1) is 11.7 Å². The molecule has 1 saturated heterocycles. The number of ether oxygens (including phenoxy) is 3. The molecule has 0 N–H and O–H groups in total. The van der Waals surface area contributed by atoms with Gasteiger partial charge in [0.25, 0.3) is 0 Å². The Morgan fingerprint density at radius 1 is 1.15 bits per heavy atom. The van der Waals surface area contributed by atoms with Gasteiger partial charge in [0.2, 0.25) is 0 Å². The second-order valence-electron chi connectivity index (χ2n) is 9.04. The number of ketones is 1. The molecule has 6 nitrogen and oxygen atoms in total. The predicted molar refractivity (Wildman–Crippen MR) is 121 cm³/mol. The molecule has 3 unspecified atom stereocenters. The average molecular weight is 474 g/mol. The summed E-state index contributed by atoms with van der Waals surface area (Å²) < 4.78 is 45.9. The monoisotopic (exact) mass is 473 g/mol. The van der Waals surface area contributed by atoms with Gasteiger partial charge in [0.15, 0.2) is 17.3 Å². The molecule has 0 radical (unpaired) electrons. The van der Waals surface area contributed by atoms with Crippen molar-refractivity contribution in [2.45, 2.75) is 43.9 Å². The lowest BCUT2D eigenvalue weighted by atomic mass is 9.79. The standard InChI is InChI=1S/C26H29F2NO5/c1-32-22-11-17-10-18(24(30)19(17)12-23(22)33-2)13-26(28)8-9-29(21(14-26)25(31)34-3)15-16-6-4-5-7-20(16)27/h4-7,11-12,18,21H,8-10,13-15H2,1-3H3. The summed E-state index contributed by atoms with van der Waals surface area (Å²) in [6.45, 7) is 0.427. The quantitative estimate of drug-likeness (QED) is 0.564. The van der Waals surface area contributed by atoms with Crippen molar-refractivity contribution in [2.24, 2.45) is 5.92 Å². The third kappa shape index (κ3) is 4.64. The smallest absolute Gasteiger partial charge is 0.323 e. The molecule has 1 fully saturated rings. The first-order valence-corrected chi connectivity index (χ1v) is 11.3. The molecule has 0 saturated carbocycles. The largest absolute Gasteiger partial charge is 0.493 e. The number of methoxy groups -OCH3 is 3. The van der Waals surface area contributed by atoms with Crippen molar-refractivity contribution in [1.82, 2.24) is 4.90 Å². The topological polar surface area (TPSA) is 65.1 Å². The molecule has 4 rings (SSSR count). The Morgan fingerprint density at radius 3 is 2.53 bits per heavy atom. The number of carbonyl (C=O) groups excluding carboxylic acids is 2. The molecular weight excluding hydrogens is 444 g/mol. The highest BCUT2D eigenvalue weighted by molar-refractivity contribution is 6.03. The molecule has 1 aliphatic carbocycles. The van der Waals surface area contributed by atoms with E-state index in [9.17, 15) is 14.0 Å². The zero-order valence-electron chi connectivity index (χ0n) is 19.6. The number of benzene rings is 2. The van der Waals surface area contributed by atoms with Crippen LogP contribution in [0.1, 0.15) is 40.7 Å². The molecule has 0 bridgehead atoms. The van der Waals surface area contributed by atoms with E-state index in [0.29, 0.717) is 29.0 Å². The Labute approximate surface area is 197 Å². The summed E-state index contributed by atoms with van der Waals surface area (Å²) in [6, 6.07) is 8.89. The SMILES string of the molecule is COC(=O)C1CC(F)(CC2Cc3cc(OC)c(OC)cc3C2=O)CCN1Cc1ccccc1F. The normalized spacial score (nSPS) is 24.6. The molecule has 0 aromatic heterocycles. The van der Waals surface area contributed by atoms with Crippen LogP contribution in [0.4, 0.5) is 8.78 Å². The van der Waals surface area contributed by atoms with E-state index < -0.39 is 23.6 Å². The number of hydrogen-bond acceptors (Lipinski definition) is 6. The van der Waals surface area contributed by atoms with E-state index in [1.54, 1.807) is 35.2 Å². The van der Waals surface area contributed by atoms with Crippen molar-refractivity contribution in [3.05, 3.63) is 58.9 Å². The van der Waals surface area contributed by atoms with E-state index in [4.69, 9.17) is 14.2 Å². The highest BCUT2D eigenvalue weighted by atomic mass is 19.1. The Morgan fingerprint density at radius 2 is 1.85 bits per heavy atom. The zero-order chi connectivity index (χ0) is 24.5. The van der Waals surface area contributed by atoms with Crippen LogP contribution >= 0.6 is 0 Å². The van der Waals surface area contributed by atoms with Crippen LogP contribution in [0.2, 0.25) is 0 Å². The molecule has 34 heavy (non-hydrogen) atoms. The maximum atomic E-state index is 16.1. The van der Waals surface area contributed by atoms with Crippen LogP contribution in [0.3, 0.4) is 0 Å². The number of piperidine rings is 1. The number of halogens is 2. The summed E-state index contributed by atoms with van der Waals surface area (Å²) in [4.78, 5) is 27.4. The van der Waals surface area contributed by atoms with Crippen molar-refractivity contribution in [3.8, 4) is 11.5 Å². The predicted octanol–water partition coefficient (Wildman–Crippen LogP) is 4.13. The number of likely N-dealkylation sites (tertiary alicyclic amines) is 1. The second-order valence-corrected chi connectivity index (χ2v) is 9.04. The van der Waals surface area contributed by atoms with Crippen molar-refractivity contribution in [3.63, 3.8) is 0 Å². The number of rotatable bonds is 7. The van der Waals surface area contributed by atoms with Gasteiger partial charge < -0.3 is 14.2 Å². The van der Waals surface area contributed by atoms with Gasteiger partial charge in [0, 0.05) is 36.6 Å². The van der Waals surface area contributed by atoms with Crippen LogP contribution < -0.4 is 9.47 Å². The van der Waals surface area contributed by atoms with E-state index >= 15 is 4.39 Å². The van der Waals surface area contributed by atoms with E-state index in [2.05, 4.69) is 0 Å². The van der Waals surface area contributed by atoms with Crippen LogP contribution in [0.25, 0.3) is 0 Å². The fraction of sp³-hybridized carbons (Fsp3) is 0.462. The van der Waals surface area contributed by atoms with E-state index in [1.807, 2.05) is 0 Å². The van der Waals surface area contributed by atoms with Gasteiger partial charge in [-0.2, -0.15) is 0 Å². The molecule has 2 aromatic rings. The minimum atomic E-state index is -1.72. The van der Waals surface area contributed by atoms with Crippen LogP contribution in [0.15, 0.2) is 36.4 Å². The van der Waals surface area contributed by atoms with E-state index in [0.717, 1.165) is 5.56 Å². The van der Waals surface area contributed by atoms with Gasteiger partial charge in [-0.25, -0.2) is 8.78 Å². The molecule has 0 spiro atoms. The minimum absolute atomic E-state index is 0.00613. The molecule has 0 amide bonds. The first-order valence-electron chi connectivity index (χ1n) is 11.3. The molecular formula is C26H29F2NO5. The summed E-state index contributed by atoms with van der Waals surface area (Å²) >= 11 is 0. The van der Waals surface area contributed by atoms with Gasteiger partial charge in [-0.15, -0.1) is 0 Å². The summed E-state index contributed by atoms with van der Waals surface area (Å²) in [7, 11) is 4.28. The molecule has 1 aliphatic heterocycles. The Kier molecular flexibility index (Phi) is 6.89. The fourth-order valence-corrected chi connectivity index (χ4v) is 5.17. The van der Waals surface area contributed by atoms with Crippen molar-refractivity contribution < 1.29 is 32.6 Å². The maximum absolute atomic E-state index is 16.1. The number of esters is 1. The molecule has 3 atom stereocenters. The molecule has 1 heterocycles. The Balaban J connectivity index is 1.51. The number of carbonyl (C=O) groups is 2. The minimum Gasteiger partial charge on any atom is -0.493 e. The Hall–Kier alpha value is -3.00. The molecule has 182 valence electrons. The summed E-state index contributed by atoms with van der Waals surface area (Å²) in [5.41, 5.74) is 0.0406. The third-order valence-corrected chi connectivity index (χ3v) is 6.98. The summed E-state index contributed by atoms with van der Waals surface area (Å²) in [5.74, 6) is -0.615. The van der Waals surface area contributed by atoms with Gasteiger partial charge in [0.05, 0.1) is 21.3 Å². The van der Waals surface area contributed by atoms with Crippen molar-refractivity contribution in [2.75, 3.05) is 27.9 Å².